The Hall–Kier alpha value is -1.97. The van der Waals surface area contributed by atoms with Gasteiger partial charge in [-0.2, -0.15) is 4.31 Å². The lowest BCUT2D eigenvalue weighted by molar-refractivity contribution is -0.122. The Kier molecular flexibility index (Phi) is 6.88. The number of benzene rings is 1. The first-order valence-corrected chi connectivity index (χ1v) is 13.3. The minimum Gasteiger partial charge on any atom is -0.353 e. The van der Waals surface area contributed by atoms with Gasteiger partial charge in [0.1, 0.15) is 5.82 Å². The van der Waals surface area contributed by atoms with Gasteiger partial charge in [-0.15, -0.1) is 0 Å². The quantitative estimate of drug-likeness (QED) is 0.619. The predicted molar refractivity (Wildman–Crippen MR) is 125 cm³/mol. The maximum Gasteiger partial charge on any atom is 0.243 e. The number of piperidine rings is 1. The molecule has 4 rings (SSSR count). The highest BCUT2D eigenvalue weighted by Crippen LogP contribution is 2.29. The van der Waals surface area contributed by atoms with Crippen molar-refractivity contribution in [1.29, 1.82) is 0 Å². The normalized spacial score (nSPS) is 18.5. The standard InChI is InChI=1S/C23H35N5O3S/c1-4-28(5-2)32(30,31)19-8-9-21-20(16-19)25-22(26(21)3)10-11-23(29)24-17-12-14-27(15-13-17)18-6-7-18/h8-9,16-18H,4-7,10-15H2,1-3H3,(H,24,29). The molecule has 2 aliphatic rings. The lowest BCUT2D eigenvalue weighted by atomic mass is 10.0. The van der Waals surface area contributed by atoms with Gasteiger partial charge in [0.2, 0.25) is 15.9 Å². The SMILES string of the molecule is CCN(CC)S(=O)(=O)c1ccc2c(c1)nc(CCC(=O)NC1CCN(C3CC3)CC1)n2C. The van der Waals surface area contributed by atoms with Crippen molar-refractivity contribution in [2.75, 3.05) is 26.2 Å². The van der Waals surface area contributed by atoms with Crippen LogP contribution in [0, 0.1) is 0 Å². The monoisotopic (exact) mass is 461 g/mol. The van der Waals surface area contributed by atoms with Crippen LogP contribution in [0.4, 0.5) is 0 Å². The Morgan fingerprint density at radius 2 is 1.84 bits per heavy atom. The molecular weight excluding hydrogens is 426 g/mol. The predicted octanol–water partition coefficient (Wildman–Crippen LogP) is 2.28. The van der Waals surface area contributed by atoms with Gasteiger partial charge in [0, 0.05) is 58.2 Å². The molecule has 2 heterocycles. The summed E-state index contributed by atoms with van der Waals surface area (Å²) in [7, 11) is -1.62. The Labute approximate surface area is 191 Å². The fraction of sp³-hybridized carbons (Fsp3) is 0.652. The van der Waals surface area contributed by atoms with Crippen LogP contribution >= 0.6 is 0 Å². The fourth-order valence-electron chi connectivity index (χ4n) is 4.70. The first-order valence-electron chi connectivity index (χ1n) is 11.8. The summed E-state index contributed by atoms with van der Waals surface area (Å²) in [5.41, 5.74) is 1.51. The lowest BCUT2D eigenvalue weighted by Gasteiger charge is -2.32. The first kappa shape index (κ1) is 23.2. The van der Waals surface area contributed by atoms with Crippen LogP contribution in [0.15, 0.2) is 23.1 Å². The summed E-state index contributed by atoms with van der Waals surface area (Å²) < 4.78 is 29.1. The number of sulfonamides is 1. The first-order chi connectivity index (χ1) is 15.3. The third-order valence-corrected chi connectivity index (χ3v) is 8.87. The molecule has 0 radical (unpaired) electrons. The second-order valence-corrected chi connectivity index (χ2v) is 10.9. The van der Waals surface area contributed by atoms with E-state index < -0.39 is 10.0 Å². The topological polar surface area (TPSA) is 87.5 Å². The number of fused-ring (bicyclic) bond motifs is 1. The molecule has 0 bridgehead atoms. The number of aromatic nitrogens is 2. The lowest BCUT2D eigenvalue weighted by Crippen LogP contribution is -2.45. The summed E-state index contributed by atoms with van der Waals surface area (Å²) in [5, 5.41) is 3.19. The Morgan fingerprint density at radius 1 is 1.16 bits per heavy atom. The summed E-state index contributed by atoms with van der Waals surface area (Å²) in [6.07, 6.45) is 5.62. The van der Waals surface area contributed by atoms with Gasteiger partial charge in [-0.05, 0) is 43.9 Å². The largest absolute Gasteiger partial charge is 0.353 e. The maximum atomic E-state index is 12.8. The number of aryl methyl sites for hydroxylation is 2. The number of nitrogens with one attached hydrogen (secondary N) is 1. The molecule has 0 unspecified atom stereocenters. The number of likely N-dealkylation sites (tertiary alicyclic amines) is 1. The van der Waals surface area contributed by atoms with Crippen molar-refractivity contribution < 1.29 is 13.2 Å². The number of rotatable bonds is 9. The number of imidazole rings is 1. The van der Waals surface area contributed by atoms with Gasteiger partial charge in [-0.25, -0.2) is 13.4 Å². The molecule has 1 aliphatic heterocycles. The van der Waals surface area contributed by atoms with Crippen LogP contribution < -0.4 is 5.32 Å². The van der Waals surface area contributed by atoms with Crippen molar-refractivity contribution in [3.63, 3.8) is 0 Å². The molecule has 1 aromatic carbocycles. The third kappa shape index (κ3) is 4.84. The van der Waals surface area contributed by atoms with Crippen molar-refractivity contribution >= 4 is 27.0 Å². The summed E-state index contributed by atoms with van der Waals surface area (Å²) in [6.45, 7) is 6.69. The highest BCUT2D eigenvalue weighted by atomic mass is 32.2. The molecule has 0 spiro atoms. The highest BCUT2D eigenvalue weighted by molar-refractivity contribution is 7.89. The second kappa shape index (κ2) is 9.49. The van der Waals surface area contributed by atoms with E-state index in [1.807, 2.05) is 25.5 Å². The van der Waals surface area contributed by atoms with Crippen LogP contribution in [0.5, 0.6) is 0 Å². The molecule has 1 saturated carbocycles. The maximum absolute atomic E-state index is 12.8. The molecule has 1 aromatic heterocycles. The number of nitrogens with zero attached hydrogens (tertiary/aromatic N) is 4. The molecule has 1 saturated heterocycles. The molecule has 9 heteroatoms. The van der Waals surface area contributed by atoms with Gasteiger partial charge in [0.15, 0.2) is 0 Å². The fourth-order valence-corrected chi connectivity index (χ4v) is 6.18. The van der Waals surface area contributed by atoms with Gasteiger partial charge in [-0.1, -0.05) is 13.8 Å². The molecule has 0 atom stereocenters. The number of hydrogen-bond acceptors (Lipinski definition) is 5. The average Bonchev–Trinajstić information content (AvgIpc) is 3.58. The van der Waals surface area contributed by atoms with Gasteiger partial charge in [0.25, 0.3) is 0 Å². The van der Waals surface area contributed by atoms with Gasteiger partial charge < -0.3 is 14.8 Å². The van der Waals surface area contributed by atoms with Crippen LogP contribution in [0.25, 0.3) is 11.0 Å². The molecule has 1 aliphatic carbocycles. The van der Waals surface area contributed by atoms with Crippen LogP contribution in [0.2, 0.25) is 0 Å². The molecule has 2 aromatic rings. The van der Waals surface area contributed by atoms with Crippen molar-refractivity contribution in [2.24, 2.45) is 7.05 Å². The van der Waals surface area contributed by atoms with Crippen LogP contribution in [0.3, 0.4) is 0 Å². The molecule has 1 N–H and O–H groups in total. The zero-order chi connectivity index (χ0) is 22.9. The zero-order valence-electron chi connectivity index (χ0n) is 19.4. The van der Waals surface area contributed by atoms with E-state index >= 15 is 0 Å². The summed E-state index contributed by atoms with van der Waals surface area (Å²) in [5.74, 6) is 0.850. The summed E-state index contributed by atoms with van der Waals surface area (Å²) in [4.78, 5) is 20.0. The number of carbonyl (C=O) groups is 1. The second-order valence-electron chi connectivity index (χ2n) is 8.94. The smallest absolute Gasteiger partial charge is 0.243 e. The Balaban J connectivity index is 1.38. The molecule has 32 heavy (non-hydrogen) atoms. The van der Waals surface area contributed by atoms with E-state index in [9.17, 15) is 13.2 Å². The van der Waals surface area contributed by atoms with E-state index in [-0.39, 0.29) is 16.8 Å². The van der Waals surface area contributed by atoms with Crippen molar-refractivity contribution in [1.82, 2.24) is 24.1 Å². The minimum atomic E-state index is -3.53. The highest BCUT2D eigenvalue weighted by Gasteiger charge is 2.32. The zero-order valence-corrected chi connectivity index (χ0v) is 20.2. The van der Waals surface area contributed by atoms with E-state index in [4.69, 9.17) is 0 Å². The summed E-state index contributed by atoms with van der Waals surface area (Å²) in [6, 6.07) is 6.15. The van der Waals surface area contributed by atoms with E-state index in [0.717, 1.165) is 43.3 Å². The van der Waals surface area contributed by atoms with Crippen molar-refractivity contribution in [3.8, 4) is 0 Å². The van der Waals surface area contributed by atoms with E-state index in [2.05, 4.69) is 15.2 Å². The van der Waals surface area contributed by atoms with Crippen molar-refractivity contribution in [2.45, 2.75) is 69.4 Å². The van der Waals surface area contributed by atoms with E-state index in [0.29, 0.717) is 31.4 Å². The van der Waals surface area contributed by atoms with Gasteiger partial charge in [0.05, 0.1) is 15.9 Å². The Morgan fingerprint density at radius 3 is 2.47 bits per heavy atom. The molecule has 2 fully saturated rings. The summed E-state index contributed by atoms with van der Waals surface area (Å²) >= 11 is 0. The van der Waals surface area contributed by atoms with Crippen molar-refractivity contribution in [3.05, 3.63) is 24.0 Å². The number of carbonyl (C=O) groups excluding carboxylic acids is 1. The van der Waals surface area contributed by atoms with E-state index in [1.165, 1.54) is 17.1 Å². The molecule has 8 nitrogen and oxygen atoms in total. The van der Waals surface area contributed by atoms with Crippen LogP contribution in [-0.4, -0.2) is 71.3 Å². The van der Waals surface area contributed by atoms with E-state index in [1.54, 1.807) is 18.2 Å². The molecule has 1 amide bonds. The van der Waals surface area contributed by atoms with Crippen LogP contribution in [0.1, 0.15) is 51.8 Å². The minimum absolute atomic E-state index is 0.0618. The molecule has 176 valence electrons. The average molecular weight is 462 g/mol. The number of hydrogen-bond donors (Lipinski definition) is 1. The third-order valence-electron chi connectivity index (χ3n) is 6.82. The number of amides is 1. The molecular formula is C23H35N5O3S. The van der Waals surface area contributed by atoms with Gasteiger partial charge in [-0.3, -0.25) is 4.79 Å². The Bertz CT molecular complexity index is 1060. The van der Waals surface area contributed by atoms with Gasteiger partial charge >= 0.3 is 0 Å². The van der Waals surface area contributed by atoms with Crippen LogP contribution in [-0.2, 0) is 28.3 Å².